The fourth-order valence-electron chi connectivity index (χ4n) is 3.55. The topological polar surface area (TPSA) is 12.0 Å². The molecule has 1 atom stereocenters. The normalized spacial score (nSPS) is 27.3. The molecule has 0 aliphatic carbocycles. The van der Waals surface area contributed by atoms with Crippen LogP contribution in [0.1, 0.15) is 30.7 Å². The number of halogens is 1. The predicted molar refractivity (Wildman–Crippen MR) is 83.4 cm³/mol. The zero-order valence-corrected chi connectivity index (χ0v) is 13.0. The van der Waals surface area contributed by atoms with E-state index in [4.69, 9.17) is 0 Å². The molecule has 98 valence electrons. The fraction of sp³-hybridized carbons (Fsp3) is 0.600. The molecule has 2 aliphatic heterocycles. The van der Waals surface area contributed by atoms with Crippen LogP contribution in [0.4, 0.5) is 0 Å². The van der Waals surface area contributed by atoms with Crippen molar-refractivity contribution in [3.8, 4) is 0 Å². The molecule has 1 nitrogen and oxygen atoms in total. The molecule has 2 saturated heterocycles. The molecule has 3 rings (SSSR count). The van der Waals surface area contributed by atoms with Gasteiger partial charge in [-0.25, -0.2) is 0 Å². The lowest BCUT2D eigenvalue weighted by molar-refractivity contribution is 0.147. The summed E-state index contributed by atoms with van der Waals surface area (Å²) in [6, 6.07) is 8.94. The van der Waals surface area contributed by atoms with Crippen molar-refractivity contribution in [2.75, 3.05) is 24.6 Å². The van der Waals surface area contributed by atoms with Gasteiger partial charge in [0.25, 0.3) is 0 Å². The molecular formula is C15H20BrNS. The number of piperidine rings is 1. The van der Waals surface area contributed by atoms with Crippen molar-refractivity contribution < 1.29 is 0 Å². The lowest BCUT2D eigenvalue weighted by atomic mass is 9.64. The van der Waals surface area contributed by atoms with E-state index in [9.17, 15) is 0 Å². The Hall–Kier alpha value is 0.01000. The fourth-order valence-corrected chi connectivity index (χ4v) is 5.27. The first kappa shape index (κ1) is 13.0. The highest BCUT2D eigenvalue weighted by molar-refractivity contribution is 9.10. The number of hydrogen-bond donors (Lipinski definition) is 1. The van der Waals surface area contributed by atoms with E-state index in [-0.39, 0.29) is 0 Å². The summed E-state index contributed by atoms with van der Waals surface area (Å²) in [5.74, 6) is 3.40. The van der Waals surface area contributed by atoms with Gasteiger partial charge in [0.2, 0.25) is 0 Å². The van der Waals surface area contributed by atoms with Gasteiger partial charge in [-0.3, -0.25) is 0 Å². The van der Waals surface area contributed by atoms with Gasteiger partial charge in [-0.05, 0) is 60.4 Å². The molecule has 1 unspecified atom stereocenters. The summed E-state index contributed by atoms with van der Waals surface area (Å²) in [5, 5.41) is 3.60. The Balaban J connectivity index is 1.91. The van der Waals surface area contributed by atoms with Crippen molar-refractivity contribution in [2.24, 2.45) is 5.41 Å². The molecule has 0 amide bonds. The van der Waals surface area contributed by atoms with Crippen molar-refractivity contribution in [2.45, 2.75) is 25.2 Å². The first-order valence-electron chi connectivity index (χ1n) is 6.84. The van der Waals surface area contributed by atoms with Gasteiger partial charge in [-0.15, -0.1) is 0 Å². The van der Waals surface area contributed by atoms with E-state index < -0.39 is 0 Å². The van der Waals surface area contributed by atoms with Crippen molar-refractivity contribution in [3.63, 3.8) is 0 Å². The second kappa shape index (κ2) is 5.56. The smallest absolute Gasteiger partial charge is 0.0178 e. The van der Waals surface area contributed by atoms with Crippen LogP contribution in [0.2, 0.25) is 0 Å². The molecule has 1 spiro atoms. The molecule has 18 heavy (non-hydrogen) atoms. The molecule has 2 heterocycles. The van der Waals surface area contributed by atoms with Crippen LogP contribution in [0.5, 0.6) is 0 Å². The Morgan fingerprint density at radius 1 is 1.22 bits per heavy atom. The molecule has 3 heteroatoms. The second-order valence-electron chi connectivity index (χ2n) is 5.54. The number of thioether (sulfide) groups is 1. The molecule has 0 radical (unpaired) electrons. The number of rotatable bonds is 1. The summed E-state index contributed by atoms with van der Waals surface area (Å²) in [6.07, 6.45) is 4.15. The summed E-state index contributed by atoms with van der Waals surface area (Å²) in [5.41, 5.74) is 2.08. The third kappa shape index (κ3) is 2.50. The van der Waals surface area contributed by atoms with Crippen LogP contribution in [-0.4, -0.2) is 24.6 Å². The Kier molecular flexibility index (Phi) is 4.02. The van der Waals surface area contributed by atoms with Crippen LogP contribution >= 0.6 is 27.7 Å². The van der Waals surface area contributed by atoms with Gasteiger partial charge in [0.05, 0.1) is 0 Å². The molecule has 0 aromatic heterocycles. The first-order valence-corrected chi connectivity index (χ1v) is 8.79. The Labute approximate surface area is 122 Å². The lowest BCUT2D eigenvalue weighted by Gasteiger charge is -2.47. The van der Waals surface area contributed by atoms with Crippen molar-refractivity contribution >= 4 is 27.7 Å². The summed E-state index contributed by atoms with van der Waals surface area (Å²) in [6.45, 7) is 2.36. The van der Waals surface area contributed by atoms with Crippen LogP contribution in [0.3, 0.4) is 0 Å². The van der Waals surface area contributed by atoms with Crippen LogP contribution in [0.15, 0.2) is 28.7 Å². The predicted octanol–water partition coefficient (Wildman–Crippen LogP) is 4.04. The summed E-state index contributed by atoms with van der Waals surface area (Å²) >= 11 is 5.75. The van der Waals surface area contributed by atoms with Crippen molar-refractivity contribution in [3.05, 3.63) is 34.3 Å². The highest BCUT2D eigenvalue weighted by atomic mass is 79.9. The maximum atomic E-state index is 3.62. The summed E-state index contributed by atoms with van der Waals surface area (Å²) in [7, 11) is 0. The average molecular weight is 326 g/mol. The van der Waals surface area contributed by atoms with E-state index in [0.717, 1.165) is 6.54 Å². The quantitative estimate of drug-likeness (QED) is 0.836. The highest BCUT2D eigenvalue weighted by Gasteiger charge is 2.42. The minimum atomic E-state index is 0.567. The number of nitrogens with one attached hydrogen (secondary N) is 1. The summed E-state index contributed by atoms with van der Waals surface area (Å²) in [4.78, 5) is 0. The lowest BCUT2D eigenvalue weighted by Crippen LogP contribution is -2.45. The Morgan fingerprint density at radius 3 is 2.83 bits per heavy atom. The maximum absolute atomic E-state index is 3.62. The number of hydrogen-bond acceptors (Lipinski definition) is 2. The van der Waals surface area contributed by atoms with Gasteiger partial charge in [-0.2, -0.15) is 11.8 Å². The molecule has 2 aliphatic rings. The Bertz CT molecular complexity index is 406. The van der Waals surface area contributed by atoms with Crippen molar-refractivity contribution in [1.29, 1.82) is 0 Å². The van der Waals surface area contributed by atoms with E-state index in [1.807, 2.05) is 0 Å². The number of benzene rings is 1. The van der Waals surface area contributed by atoms with Crippen LogP contribution in [0, 0.1) is 5.41 Å². The van der Waals surface area contributed by atoms with Gasteiger partial charge >= 0.3 is 0 Å². The summed E-state index contributed by atoms with van der Waals surface area (Å²) < 4.78 is 1.21. The monoisotopic (exact) mass is 325 g/mol. The zero-order chi connectivity index (χ0) is 12.4. The van der Waals surface area contributed by atoms with Gasteiger partial charge < -0.3 is 5.32 Å². The SMILES string of the molecule is Brc1cccc(C2CNCCC23CCSCC3)c1. The second-order valence-corrected chi connectivity index (χ2v) is 7.68. The van der Waals surface area contributed by atoms with E-state index in [1.165, 1.54) is 47.3 Å². The van der Waals surface area contributed by atoms with Crippen LogP contribution < -0.4 is 5.32 Å². The van der Waals surface area contributed by atoms with Crippen molar-refractivity contribution in [1.82, 2.24) is 5.32 Å². The van der Waals surface area contributed by atoms with Crippen LogP contribution in [-0.2, 0) is 0 Å². The van der Waals surface area contributed by atoms with E-state index >= 15 is 0 Å². The Morgan fingerprint density at radius 2 is 2.06 bits per heavy atom. The van der Waals surface area contributed by atoms with E-state index in [1.54, 1.807) is 0 Å². The molecule has 0 bridgehead atoms. The van der Waals surface area contributed by atoms with Gasteiger partial charge in [-0.1, -0.05) is 28.1 Å². The molecule has 0 saturated carbocycles. The maximum Gasteiger partial charge on any atom is 0.0178 e. The minimum Gasteiger partial charge on any atom is -0.316 e. The van der Waals surface area contributed by atoms with E-state index in [2.05, 4.69) is 57.3 Å². The van der Waals surface area contributed by atoms with Crippen LogP contribution in [0.25, 0.3) is 0 Å². The molecule has 2 fully saturated rings. The molecular weight excluding hydrogens is 306 g/mol. The third-order valence-corrected chi connectivity index (χ3v) is 6.11. The van der Waals surface area contributed by atoms with Gasteiger partial charge in [0.1, 0.15) is 0 Å². The zero-order valence-electron chi connectivity index (χ0n) is 10.6. The third-order valence-electron chi connectivity index (χ3n) is 4.63. The van der Waals surface area contributed by atoms with Gasteiger partial charge in [0, 0.05) is 16.9 Å². The standard InChI is InChI=1S/C15H20BrNS/c16-13-3-1-2-12(10-13)14-11-17-7-4-15(14)5-8-18-9-6-15/h1-3,10,14,17H,4-9,11H2. The van der Waals surface area contributed by atoms with E-state index in [0.29, 0.717) is 11.3 Å². The van der Waals surface area contributed by atoms with Gasteiger partial charge in [0.15, 0.2) is 0 Å². The highest BCUT2D eigenvalue weighted by Crippen LogP contribution is 2.50. The largest absolute Gasteiger partial charge is 0.316 e. The minimum absolute atomic E-state index is 0.567. The first-order chi connectivity index (χ1) is 8.80. The average Bonchev–Trinajstić information content (AvgIpc) is 2.40. The molecule has 1 N–H and O–H groups in total. The molecule has 1 aromatic carbocycles. The molecule has 1 aromatic rings.